The third kappa shape index (κ3) is 2.66. The van der Waals surface area contributed by atoms with Crippen molar-refractivity contribution in [1.29, 1.82) is 0 Å². The maximum Gasteiger partial charge on any atom is 0.226 e. The van der Waals surface area contributed by atoms with E-state index in [-0.39, 0.29) is 9.92 Å². The molecule has 7 heteroatoms. The Labute approximate surface area is 235 Å². The van der Waals surface area contributed by atoms with Gasteiger partial charge in [-0.15, -0.1) is 0 Å². The molecule has 41 heavy (non-hydrogen) atoms. The van der Waals surface area contributed by atoms with E-state index in [0.29, 0.717) is 22.4 Å². The smallest absolute Gasteiger partial charge is 0.226 e. The molecule has 0 saturated heterocycles. The Kier molecular flexibility index (Phi) is 4.28. The van der Waals surface area contributed by atoms with Crippen LogP contribution in [0.15, 0.2) is 132 Å². The molecule has 0 saturated carbocycles. The van der Waals surface area contributed by atoms with Crippen molar-refractivity contribution >= 4 is 31.9 Å². The minimum atomic E-state index is -4.00. The highest BCUT2D eigenvalue weighted by Gasteiger charge is 2.55. The molecule has 9 rings (SSSR count). The Morgan fingerprint density at radius 2 is 1.29 bits per heavy atom. The molecule has 0 amide bonds. The quantitative estimate of drug-likeness (QED) is 0.235. The van der Waals surface area contributed by atoms with Gasteiger partial charge in [0.25, 0.3) is 0 Å². The van der Waals surface area contributed by atoms with Crippen molar-refractivity contribution in [2.75, 3.05) is 0 Å². The van der Waals surface area contributed by atoms with Gasteiger partial charge >= 0.3 is 0 Å². The topological polar surface area (TPSA) is 77.7 Å². The van der Waals surface area contributed by atoms with Crippen molar-refractivity contribution in [1.82, 2.24) is 19.5 Å². The van der Waals surface area contributed by atoms with Crippen molar-refractivity contribution in [3.8, 4) is 16.8 Å². The SMILES string of the molecule is O=S1(=O)c2ccccc2C2(c3ccccc3-c3ccccc32)c2nc3c4cnccc4n(-c4ccccc4)c3nc21. The maximum atomic E-state index is 14.4. The van der Waals surface area contributed by atoms with E-state index in [4.69, 9.17) is 9.97 Å². The van der Waals surface area contributed by atoms with Crippen LogP contribution in [-0.2, 0) is 15.3 Å². The number of hydrogen-bond acceptors (Lipinski definition) is 5. The molecule has 0 radical (unpaired) electrons. The molecule has 1 aliphatic carbocycles. The van der Waals surface area contributed by atoms with Gasteiger partial charge < -0.3 is 0 Å². The summed E-state index contributed by atoms with van der Waals surface area (Å²) in [5.41, 5.74) is 7.15. The van der Waals surface area contributed by atoms with Crippen LogP contribution in [0.25, 0.3) is 38.9 Å². The van der Waals surface area contributed by atoms with Crippen molar-refractivity contribution < 1.29 is 8.42 Å². The van der Waals surface area contributed by atoms with Gasteiger partial charge in [0.1, 0.15) is 5.52 Å². The minimum Gasteiger partial charge on any atom is -0.292 e. The van der Waals surface area contributed by atoms with Crippen molar-refractivity contribution in [3.63, 3.8) is 0 Å². The number of aromatic nitrogens is 4. The average Bonchev–Trinajstić information content (AvgIpc) is 3.51. The van der Waals surface area contributed by atoms with E-state index in [1.165, 1.54) is 0 Å². The number of fused-ring (bicyclic) bond motifs is 12. The van der Waals surface area contributed by atoms with Gasteiger partial charge in [-0.2, -0.15) is 0 Å². The summed E-state index contributed by atoms with van der Waals surface area (Å²) in [7, 11) is -4.00. The Morgan fingerprint density at radius 1 is 0.659 bits per heavy atom. The highest BCUT2D eigenvalue weighted by atomic mass is 32.2. The molecule has 4 heterocycles. The molecule has 3 aromatic heterocycles. The fourth-order valence-electron chi connectivity index (χ4n) is 6.92. The molecule has 194 valence electrons. The second-order valence-corrected chi connectivity index (χ2v) is 12.3. The van der Waals surface area contributed by atoms with Crippen molar-refractivity contribution in [2.24, 2.45) is 0 Å². The van der Waals surface area contributed by atoms with Gasteiger partial charge in [0.05, 0.1) is 21.5 Å². The zero-order valence-corrected chi connectivity index (χ0v) is 22.4. The predicted octanol–water partition coefficient (Wildman–Crippen LogP) is 6.48. The average molecular weight is 549 g/mol. The monoisotopic (exact) mass is 548 g/mol. The predicted molar refractivity (Wildman–Crippen MR) is 157 cm³/mol. The number of hydrogen-bond donors (Lipinski definition) is 0. The van der Waals surface area contributed by atoms with Crippen LogP contribution in [0.2, 0.25) is 0 Å². The van der Waals surface area contributed by atoms with Gasteiger partial charge in [-0.3, -0.25) is 9.55 Å². The third-order valence-corrected chi connectivity index (χ3v) is 10.2. The molecule has 6 nitrogen and oxygen atoms in total. The van der Waals surface area contributed by atoms with Gasteiger partial charge in [-0.1, -0.05) is 84.9 Å². The number of para-hydroxylation sites is 1. The molecule has 1 spiro atoms. The lowest BCUT2D eigenvalue weighted by molar-refractivity contribution is 0.569. The number of nitrogens with zero attached hydrogens (tertiary/aromatic N) is 4. The summed E-state index contributed by atoms with van der Waals surface area (Å²) in [5.74, 6) is 0. The van der Waals surface area contributed by atoms with Crippen LogP contribution in [0.3, 0.4) is 0 Å². The van der Waals surface area contributed by atoms with E-state index in [1.807, 2.05) is 77.4 Å². The molecular formula is C34H20N4O2S. The third-order valence-electron chi connectivity index (χ3n) is 8.51. The first kappa shape index (κ1) is 22.7. The normalized spacial score (nSPS) is 15.4. The largest absolute Gasteiger partial charge is 0.292 e. The number of sulfone groups is 1. The van der Waals surface area contributed by atoms with Crippen LogP contribution in [-0.4, -0.2) is 27.9 Å². The van der Waals surface area contributed by atoms with E-state index in [9.17, 15) is 8.42 Å². The number of pyridine rings is 1. The second kappa shape index (κ2) is 7.74. The minimum absolute atomic E-state index is 0.0110. The van der Waals surface area contributed by atoms with E-state index < -0.39 is 15.3 Å². The second-order valence-electron chi connectivity index (χ2n) is 10.5. The number of rotatable bonds is 1. The number of benzene rings is 4. The summed E-state index contributed by atoms with van der Waals surface area (Å²) in [6.45, 7) is 0. The van der Waals surface area contributed by atoms with Crippen molar-refractivity contribution in [2.45, 2.75) is 15.3 Å². The lowest BCUT2D eigenvalue weighted by Gasteiger charge is -2.37. The summed E-state index contributed by atoms with van der Waals surface area (Å²) < 4.78 is 30.9. The van der Waals surface area contributed by atoms with Gasteiger partial charge in [0, 0.05) is 23.5 Å². The van der Waals surface area contributed by atoms with Gasteiger partial charge in [-0.25, -0.2) is 18.4 Å². The molecule has 0 fully saturated rings. The Morgan fingerprint density at radius 3 is 2.02 bits per heavy atom. The maximum absolute atomic E-state index is 14.4. The Hall–Kier alpha value is -5.14. The standard InChI is InChI=1S/C34H20N4O2S/c39-41(40)29-17-9-8-16-27(29)34(25-14-6-4-12-22(25)23-13-5-7-15-26(23)34)31-33(41)37-32-30(36-31)24-20-35-19-18-28(24)38(32)21-10-2-1-3-11-21/h1-20H. The summed E-state index contributed by atoms with van der Waals surface area (Å²) in [6, 6.07) is 35.5. The summed E-state index contributed by atoms with van der Waals surface area (Å²) >= 11 is 0. The van der Waals surface area contributed by atoms with Crippen LogP contribution in [0, 0.1) is 0 Å². The molecule has 0 N–H and O–H groups in total. The van der Waals surface area contributed by atoms with E-state index in [1.54, 1.807) is 24.5 Å². The molecule has 4 aromatic carbocycles. The fraction of sp³-hybridized carbons (Fsp3) is 0.0294. The highest BCUT2D eigenvalue weighted by Crippen LogP contribution is 2.60. The van der Waals surface area contributed by atoms with E-state index in [0.717, 1.165) is 38.8 Å². The molecule has 0 unspecified atom stereocenters. The zero-order valence-electron chi connectivity index (χ0n) is 21.6. The van der Waals surface area contributed by atoms with E-state index in [2.05, 4.69) is 29.2 Å². The zero-order chi connectivity index (χ0) is 27.3. The highest BCUT2D eigenvalue weighted by molar-refractivity contribution is 7.91. The summed E-state index contributed by atoms with van der Waals surface area (Å²) in [6.07, 6.45) is 3.52. The summed E-state index contributed by atoms with van der Waals surface area (Å²) in [4.78, 5) is 15.0. The van der Waals surface area contributed by atoms with Gasteiger partial charge in [0.15, 0.2) is 10.7 Å². The van der Waals surface area contributed by atoms with Crippen LogP contribution < -0.4 is 0 Å². The van der Waals surface area contributed by atoms with Crippen LogP contribution in [0.1, 0.15) is 22.4 Å². The first-order valence-electron chi connectivity index (χ1n) is 13.4. The van der Waals surface area contributed by atoms with Crippen LogP contribution in [0.5, 0.6) is 0 Å². The molecule has 1 aliphatic heterocycles. The molecule has 0 atom stereocenters. The fourth-order valence-corrected chi connectivity index (χ4v) is 8.56. The first-order valence-corrected chi connectivity index (χ1v) is 14.9. The van der Waals surface area contributed by atoms with Crippen molar-refractivity contribution in [3.05, 3.63) is 144 Å². The molecular weight excluding hydrogens is 528 g/mol. The van der Waals surface area contributed by atoms with Gasteiger partial charge in [-0.05, 0) is 52.1 Å². The molecule has 7 aromatic rings. The summed E-state index contributed by atoms with van der Waals surface area (Å²) in [5, 5.41) is 0.802. The lowest BCUT2D eigenvalue weighted by Crippen LogP contribution is -2.37. The Bertz CT molecular complexity index is 2300. The van der Waals surface area contributed by atoms with Gasteiger partial charge in [0.2, 0.25) is 9.84 Å². The van der Waals surface area contributed by atoms with Crippen LogP contribution in [0.4, 0.5) is 0 Å². The van der Waals surface area contributed by atoms with E-state index >= 15 is 0 Å². The first-order chi connectivity index (χ1) is 20.1. The lowest BCUT2D eigenvalue weighted by atomic mass is 9.70. The molecule has 2 aliphatic rings. The molecule has 0 bridgehead atoms. The Balaban J connectivity index is 1.53. The van der Waals surface area contributed by atoms with Crippen LogP contribution >= 0.6 is 0 Å².